The van der Waals surface area contributed by atoms with Crippen LogP contribution in [-0.2, 0) is 14.3 Å². The highest BCUT2D eigenvalue weighted by Gasteiger charge is 2.36. The Morgan fingerprint density at radius 2 is 1.93 bits per heavy atom. The molecule has 3 heterocycles. The van der Waals surface area contributed by atoms with Crippen molar-refractivity contribution < 1.29 is 24.2 Å². The Balaban J connectivity index is 1.58. The molecule has 0 atom stereocenters. The molecule has 1 aliphatic rings. The van der Waals surface area contributed by atoms with Gasteiger partial charge in [-0.15, -0.1) is 0 Å². The highest BCUT2D eigenvalue weighted by Crippen LogP contribution is 2.27. The first-order chi connectivity index (χ1) is 14.0. The van der Waals surface area contributed by atoms with Gasteiger partial charge in [0.05, 0.1) is 0 Å². The summed E-state index contributed by atoms with van der Waals surface area (Å²) in [5.74, 6) is -3.36. The van der Waals surface area contributed by atoms with Crippen LogP contribution in [0.4, 0.5) is 0 Å². The number of hydrogen-bond acceptors (Lipinski definition) is 6. The van der Waals surface area contributed by atoms with Crippen LogP contribution < -0.4 is 10.9 Å². The number of benzene rings is 1. The van der Waals surface area contributed by atoms with Crippen molar-refractivity contribution in [2.24, 2.45) is 0 Å². The Labute approximate surface area is 163 Å². The number of carbonyl (C=O) groups excluding carboxylic acids is 2. The number of aromatic amines is 1. The number of rotatable bonds is 5. The molecule has 0 bridgehead atoms. The summed E-state index contributed by atoms with van der Waals surface area (Å²) in [4.78, 5) is 43.3. The van der Waals surface area contributed by atoms with Gasteiger partial charge in [-0.3, -0.25) is 20.4 Å². The maximum Gasteiger partial charge on any atom is 0.345 e. The number of fused-ring (bicyclic) bond motifs is 1. The van der Waals surface area contributed by atoms with Gasteiger partial charge in [0, 0.05) is 28.9 Å². The Morgan fingerprint density at radius 1 is 1.14 bits per heavy atom. The zero-order valence-electron chi connectivity index (χ0n) is 14.8. The molecule has 0 radical (unpaired) electrons. The van der Waals surface area contributed by atoms with Crippen molar-refractivity contribution in [2.45, 2.75) is 0 Å². The molecule has 9 heteroatoms. The van der Waals surface area contributed by atoms with E-state index in [9.17, 15) is 19.5 Å². The number of allylic oxidation sites excluding steroid dienone is 1. The summed E-state index contributed by atoms with van der Waals surface area (Å²) in [7, 11) is 0. The van der Waals surface area contributed by atoms with Crippen LogP contribution in [0, 0.1) is 0 Å². The standard InChI is InChI=1S/C20H14N4O5/c25-16-14(9-12-10-22-17-13(12)7-4-8-21-17)29-19(15(16)20(27)28)24-23-18(26)11-5-2-1-3-6-11/h1-10,24H,(H,21,22)(H,23,26)(H,27,28). The molecule has 0 fully saturated rings. The molecule has 4 rings (SSSR count). The van der Waals surface area contributed by atoms with Gasteiger partial charge >= 0.3 is 5.97 Å². The number of ketones is 1. The van der Waals surface area contributed by atoms with Crippen molar-refractivity contribution in [1.82, 2.24) is 20.8 Å². The predicted octanol–water partition coefficient (Wildman–Crippen LogP) is 1.73. The van der Waals surface area contributed by atoms with Gasteiger partial charge in [-0.25, -0.2) is 9.78 Å². The Morgan fingerprint density at radius 3 is 2.69 bits per heavy atom. The number of ether oxygens (including phenoxy) is 1. The molecule has 9 nitrogen and oxygen atoms in total. The van der Waals surface area contributed by atoms with E-state index in [1.165, 1.54) is 6.08 Å². The van der Waals surface area contributed by atoms with Crippen LogP contribution in [0.5, 0.6) is 0 Å². The lowest BCUT2D eigenvalue weighted by Gasteiger charge is -2.09. The molecule has 0 saturated carbocycles. The number of amides is 1. The predicted molar refractivity (Wildman–Crippen MR) is 102 cm³/mol. The summed E-state index contributed by atoms with van der Waals surface area (Å²) >= 11 is 0. The lowest BCUT2D eigenvalue weighted by Crippen LogP contribution is -2.37. The van der Waals surface area contributed by atoms with E-state index in [1.54, 1.807) is 54.9 Å². The number of hydrogen-bond donors (Lipinski definition) is 4. The van der Waals surface area contributed by atoms with Crippen LogP contribution in [0.25, 0.3) is 17.1 Å². The van der Waals surface area contributed by atoms with Crippen molar-refractivity contribution >= 4 is 34.8 Å². The van der Waals surface area contributed by atoms with Gasteiger partial charge in [0.2, 0.25) is 11.7 Å². The molecule has 1 aliphatic heterocycles. The van der Waals surface area contributed by atoms with E-state index in [-0.39, 0.29) is 11.6 Å². The first-order valence-corrected chi connectivity index (χ1v) is 8.50. The summed E-state index contributed by atoms with van der Waals surface area (Å²) in [5.41, 5.74) is 5.67. The fourth-order valence-corrected chi connectivity index (χ4v) is 2.82. The molecule has 2 aromatic heterocycles. The molecule has 0 spiro atoms. The van der Waals surface area contributed by atoms with Gasteiger partial charge in [0.1, 0.15) is 5.65 Å². The monoisotopic (exact) mass is 390 g/mol. The van der Waals surface area contributed by atoms with E-state index >= 15 is 0 Å². The molecule has 1 aromatic carbocycles. The normalized spacial score (nSPS) is 14.9. The minimum absolute atomic E-state index is 0.191. The van der Waals surface area contributed by atoms with Crippen LogP contribution in [0.1, 0.15) is 15.9 Å². The molecule has 144 valence electrons. The molecule has 4 N–H and O–H groups in total. The van der Waals surface area contributed by atoms with Crippen molar-refractivity contribution in [3.63, 3.8) is 0 Å². The lowest BCUT2D eigenvalue weighted by molar-refractivity contribution is -0.134. The zero-order chi connectivity index (χ0) is 20.4. The van der Waals surface area contributed by atoms with E-state index in [4.69, 9.17) is 4.74 Å². The summed E-state index contributed by atoms with van der Waals surface area (Å²) in [6, 6.07) is 11.8. The summed E-state index contributed by atoms with van der Waals surface area (Å²) in [5, 5.41) is 10.1. The zero-order valence-corrected chi connectivity index (χ0v) is 14.8. The van der Waals surface area contributed by atoms with Gasteiger partial charge in [0.25, 0.3) is 5.91 Å². The molecular formula is C20H14N4O5. The average Bonchev–Trinajstić information content (AvgIpc) is 3.28. The molecule has 0 aliphatic carbocycles. The van der Waals surface area contributed by atoms with Gasteiger partial charge in [0.15, 0.2) is 11.3 Å². The topological polar surface area (TPSA) is 133 Å². The smallest absolute Gasteiger partial charge is 0.345 e. The minimum atomic E-state index is -1.48. The van der Waals surface area contributed by atoms with Gasteiger partial charge in [-0.1, -0.05) is 18.2 Å². The second-order valence-electron chi connectivity index (χ2n) is 6.04. The van der Waals surface area contributed by atoms with E-state index < -0.39 is 23.2 Å². The number of pyridine rings is 1. The van der Waals surface area contributed by atoms with Gasteiger partial charge < -0.3 is 14.8 Å². The third-order valence-corrected chi connectivity index (χ3v) is 4.20. The Hall–Kier alpha value is -4.40. The molecule has 1 amide bonds. The van der Waals surface area contributed by atoms with Crippen LogP contribution >= 0.6 is 0 Å². The number of carboxylic acid groups (broad SMARTS) is 1. The summed E-state index contributed by atoms with van der Waals surface area (Å²) in [6.07, 6.45) is 4.67. The molecule has 3 aromatic rings. The third-order valence-electron chi connectivity index (χ3n) is 4.20. The fraction of sp³-hybridized carbons (Fsp3) is 0. The van der Waals surface area contributed by atoms with E-state index in [1.807, 2.05) is 0 Å². The van der Waals surface area contributed by atoms with Crippen LogP contribution in [-0.4, -0.2) is 32.7 Å². The van der Waals surface area contributed by atoms with E-state index in [2.05, 4.69) is 20.8 Å². The van der Waals surface area contributed by atoms with Crippen LogP contribution in [0.3, 0.4) is 0 Å². The summed E-state index contributed by atoms with van der Waals surface area (Å²) in [6.45, 7) is 0. The number of carboxylic acids is 1. The maximum atomic E-state index is 12.5. The van der Waals surface area contributed by atoms with Crippen molar-refractivity contribution in [2.75, 3.05) is 0 Å². The van der Waals surface area contributed by atoms with Crippen molar-refractivity contribution in [1.29, 1.82) is 0 Å². The molecular weight excluding hydrogens is 376 g/mol. The molecule has 29 heavy (non-hydrogen) atoms. The van der Waals surface area contributed by atoms with E-state index in [0.717, 1.165) is 5.39 Å². The molecule has 0 unspecified atom stereocenters. The number of Topliss-reactive ketones (excluding diaryl/α,β-unsaturated/α-hetero) is 1. The van der Waals surface area contributed by atoms with Crippen molar-refractivity contribution in [3.8, 4) is 0 Å². The molecule has 0 saturated heterocycles. The number of aromatic nitrogens is 2. The highest BCUT2D eigenvalue weighted by atomic mass is 16.5. The fourth-order valence-electron chi connectivity index (χ4n) is 2.82. The first-order valence-electron chi connectivity index (χ1n) is 8.50. The number of aliphatic carboxylic acids is 1. The van der Waals surface area contributed by atoms with Gasteiger partial charge in [-0.2, -0.15) is 0 Å². The second-order valence-corrected chi connectivity index (χ2v) is 6.04. The quantitative estimate of drug-likeness (QED) is 0.296. The van der Waals surface area contributed by atoms with Gasteiger partial charge in [-0.05, 0) is 30.3 Å². The number of H-pyrrole nitrogens is 1. The Kier molecular flexibility index (Phi) is 4.54. The largest absolute Gasteiger partial charge is 0.477 e. The average molecular weight is 390 g/mol. The van der Waals surface area contributed by atoms with Crippen LogP contribution in [0.2, 0.25) is 0 Å². The third kappa shape index (κ3) is 3.44. The SMILES string of the molecule is O=C(O)C1=C(NNC(=O)c2ccccc2)OC(=Cc2c[nH]c3ncccc23)C1=O. The number of nitrogens with one attached hydrogen (secondary N) is 3. The number of carbonyl (C=O) groups is 3. The maximum absolute atomic E-state index is 12.5. The number of hydrazine groups is 1. The number of nitrogens with zero attached hydrogens (tertiary/aromatic N) is 1. The Bertz CT molecular complexity index is 1190. The lowest BCUT2D eigenvalue weighted by atomic mass is 10.1. The van der Waals surface area contributed by atoms with E-state index in [0.29, 0.717) is 16.8 Å². The second kappa shape index (κ2) is 7.31. The highest BCUT2D eigenvalue weighted by molar-refractivity contribution is 6.26. The van der Waals surface area contributed by atoms with Crippen LogP contribution in [0.15, 0.2) is 72.1 Å². The first kappa shape index (κ1) is 18.0. The minimum Gasteiger partial charge on any atom is -0.477 e. The summed E-state index contributed by atoms with van der Waals surface area (Å²) < 4.78 is 5.41. The van der Waals surface area contributed by atoms with Crippen molar-refractivity contribution in [3.05, 3.63) is 83.2 Å².